The van der Waals surface area contributed by atoms with Crippen LogP contribution in [-0.2, 0) is 37.0 Å². The molecule has 0 N–H and O–H groups in total. The predicted octanol–water partition coefficient (Wildman–Crippen LogP) is 6.14. The first-order chi connectivity index (χ1) is 19.1. The van der Waals surface area contributed by atoms with Crippen LogP contribution in [0.2, 0.25) is 118 Å². The van der Waals surface area contributed by atoms with E-state index in [2.05, 4.69) is 118 Å². The summed E-state index contributed by atoms with van der Waals surface area (Å²) in [6.07, 6.45) is 0. The molecule has 0 aliphatic rings. The Kier molecular flexibility index (Phi) is 15.6. The van der Waals surface area contributed by atoms with E-state index in [1.165, 1.54) is 0 Å². The summed E-state index contributed by atoms with van der Waals surface area (Å²) in [5.41, 5.74) is 0. The van der Waals surface area contributed by atoms with Crippen molar-refractivity contribution in [1.82, 2.24) is 0 Å². The van der Waals surface area contributed by atoms with Crippen molar-refractivity contribution < 1.29 is 37.0 Å². The summed E-state index contributed by atoms with van der Waals surface area (Å²) in [4.78, 5) is 0. The van der Waals surface area contributed by atoms with Crippen LogP contribution in [0.15, 0.2) is 30.3 Å². The fraction of sp³-hybridized carbons (Fsp3) is 0.750. The Hall–Kier alpha value is 1.03. The van der Waals surface area contributed by atoms with Crippen LogP contribution >= 0.6 is 0 Å². The van der Waals surface area contributed by atoms with Crippen LogP contribution in [0.25, 0.3) is 0 Å². The molecule has 0 saturated heterocycles. The second-order valence-electron chi connectivity index (χ2n) is 14.4. The monoisotopic (exact) mass is 774 g/mol. The summed E-state index contributed by atoms with van der Waals surface area (Å²) in [6.45, 7) is 38.0. The van der Waals surface area contributed by atoms with Gasteiger partial charge in [-0.15, -0.1) is 0 Å². The molecule has 0 saturated carbocycles. The smallest absolute Gasteiger partial charge is 0.440 e. The molecule has 1 rings (SSSR count). The van der Waals surface area contributed by atoms with Crippen LogP contribution in [0.1, 0.15) is 0 Å². The van der Waals surface area contributed by atoms with Gasteiger partial charge in [0.2, 0.25) is 0 Å². The second-order valence-corrected chi connectivity index (χ2v) is 46.9. The first kappa shape index (κ1) is 42.1. The van der Waals surface area contributed by atoms with E-state index in [4.69, 9.17) is 37.0 Å². The molecule has 0 radical (unpaired) electrons. The topological polar surface area (TPSA) is 83.1 Å². The highest BCUT2D eigenvalue weighted by Gasteiger charge is 2.58. The molecular weight excluding hydrogens is 713 g/mol. The maximum atomic E-state index is 7.25. The lowest BCUT2D eigenvalue weighted by Crippen LogP contribution is -2.71. The molecule has 0 atom stereocenters. The number of hydrogen-bond acceptors (Lipinski definition) is 9. The quantitative estimate of drug-likeness (QED) is 0.154. The predicted molar refractivity (Wildman–Crippen MR) is 203 cm³/mol. The summed E-state index contributed by atoms with van der Waals surface area (Å²) in [5, 5.41) is 0.864. The van der Waals surface area contributed by atoms with E-state index in [-0.39, 0.29) is 0 Å². The fourth-order valence-electron chi connectivity index (χ4n) is 5.47. The Labute approximate surface area is 276 Å². The molecule has 0 unspecified atom stereocenters. The van der Waals surface area contributed by atoms with Crippen molar-refractivity contribution in [3.8, 4) is 0 Å². The van der Waals surface area contributed by atoms with Crippen LogP contribution in [0, 0.1) is 0 Å². The van der Waals surface area contributed by atoms with Gasteiger partial charge in [-0.05, 0) is 118 Å². The highest BCUT2D eigenvalue weighted by Crippen LogP contribution is 2.31. The zero-order valence-corrected chi connectivity index (χ0v) is 40.8. The van der Waals surface area contributed by atoms with E-state index < -0.39 is 87.3 Å². The summed E-state index contributed by atoms with van der Waals surface area (Å²) in [7, 11) is -23.9. The third-order valence-electron chi connectivity index (χ3n) is 5.30. The average Bonchev–Trinajstić information content (AvgIpc) is 2.66. The Bertz CT molecular complexity index is 900. The second kappa shape index (κ2) is 16.0. The Morgan fingerprint density at radius 3 is 0.860 bits per heavy atom. The van der Waals surface area contributed by atoms with Crippen LogP contribution in [0.5, 0.6) is 0 Å². The van der Waals surface area contributed by atoms with Gasteiger partial charge in [-0.25, -0.2) is 0 Å². The van der Waals surface area contributed by atoms with Gasteiger partial charge in [0, 0.05) is 5.19 Å². The maximum Gasteiger partial charge on any atom is 0.510 e. The molecule has 0 amide bonds. The van der Waals surface area contributed by atoms with Crippen LogP contribution < -0.4 is 5.19 Å². The molecule has 0 aliphatic heterocycles. The third-order valence-corrected chi connectivity index (χ3v) is 39.7. The van der Waals surface area contributed by atoms with Crippen molar-refractivity contribution in [3.05, 3.63) is 30.3 Å². The van der Waals surface area contributed by atoms with Gasteiger partial charge >= 0.3 is 60.2 Å². The molecule has 19 heteroatoms. The molecule has 0 heterocycles. The maximum absolute atomic E-state index is 7.25. The van der Waals surface area contributed by atoms with Crippen molar-refractivity contribution in [1.29, 1.82) is 0 Å². The molecule has 43 heavy (non-hydrogen) atoms. The van der Waals surface area contributed by atoms with Gasteiger partial charge in [-0.3, -0.25) is 0 Å². The minimum atomic E-state index is -3.75. The van der Waals surface area contributed by atoms with Gasteiger partial charge in [0.15, 0.2) is 27.1 Å². The lowest BCUT2D eigenvalue weighted by molar-refractivity contribution is 0.195. The SMILES string of the molecule is C[SiH](C)O[Si](C)(C)O[Si](C)(C)O[Si](O[Si](C)(C)O[Si](C)(C)O[SiH](C)C)(O[Si](C)(C)O[Si](C)(C)O[SiH](C)C)c1ccccc1. The molecule has 0 aliphatic carbocycles. The first-order valence-electron chi connectivity index (χ1n) is 15.4. The zero-order chi connectivity index (χ0) is 33.7. The van der Waals surface area contributed by atoms with Crippen molar-refractivity contribution in [3.63, 3.8) is 0 Å². The molecule has 0 fully saturated rings. The highest BCUT2D eigenvalue weighted by molar-refractivity contribution is 6.97. The van der Waals surface area contributed by atoms with Gasteiger partial charge < -0.3 is 37.0 Å². The molecule has 9 nitrogen and oxygen atoms in total. The molecule has 0 bridgehead atoms. The van der Waals surface area contributed by atoms with Gasteiger partial charge in [0.1, 0.15) is 0 Å². The summed E-state index contributed by atoms with van der Waals surface area (Å²) in [5.74, 6) is 0. The minimum Gasteiger partial charge on any atom is -0.440 e. The summed E-state index contributed by atoms with van der Waals surface area (Å²) in [6, 6.07) is 10.1. The Morgan fingerprint density at radius 1 is 0.372 bits per heavy atom. The van der Waals surface area contributed by atoms with E-state index in [9.17, 15) is 0 Å². The highest BCUT2D eigenvalue weighted by atomic mass is 28.5. The average molecular weight is 776 g/mol. The van der Waals surface area contributed by atoms with Crippen molar-refractivity contribution in [2.45, 2.75) is 118 Å². The summed E-state index contributed by atoms with van der Waals surface area (Å²) < 4.78 is 61.4. The van der Waals surface area contributed by atoms with E-state index in [0.29, 0.717) is 0 Å². The number of benzene rings is 1. The fourth-order valence-corrected chi connectivity index (χ4v) is 48.2. The van der Waals surface area contributed by atoms with Gasteiger partial charge in [-0.2, -0.15) is 0 Å². The molecule has 0 spiro atoms. The van der Waals surface area contributed by atoms with Crippen LogP contribution in [0.3, 0.4) is 0 Å². The van der Waals surface area contributed by atoms with E-state index >= 15 is 0 Å². The first-order valence-corrected chi connectivity index (χ1v) is 42.4. The lowest BCUT2D eigenvalue weighted by atomic mass is 10.4. The molecule has 252 valence electrons. The van der Waals surface area contributed by atoms with E-state index in [0.717, 1.165) is 5.19 Å². The van der Waals surface area contributed by atoms with Crippen molar-refractivity contribution in [2.75, 3.05) is 0 Å². The van der Waals surface area contributed by atoms with E-state index in [1.807, 2.05) is 30.3 Å². The number of rotatable bonds is 19. The third kappa shape index (κ3) is 16.6. The van der Waals surface area contributed by atoms with Crippen molar-refractivity contribution >= 4 is 92.5 Å². The van der Waals surface area contributed by atoms with Crippen LogP contribution in [0.4, 0.5) is 0 Å². The summed E-state index contributed by atoms with van der Waals surface area (Å²) >= 11 is 0. The molecule has 1 aromatic rings. The van der Waals surface area contributed by atoms with Crippen LogP contribution in [-0.4, -0.2) is 87.3 Å². The zero-order valence-electron chi connectivity index (χ0n) is 30.3. The minimum absolute atomic E-state index is 0.864. The van der Waals surface area contributed by atoms with Gasteiger partial charge in [0.25, 0.3) is 0 Å². The Balaban J connectivity index is 3.78. The molecular formula is C24H62O9Si10. The van der Waals surface area contributed by atoms with Crippen molar-refractivity contribution in [2.24, 2.45) is 0 Å². The lowest BCUT2D eigenvalue weighted by Gasteiger charge is -2.47. The standard InChI is InChI=1S/C24H62O9Si10/c1-34(2)25-37(7,8)28-40(13,14)31-43(24-22-20-19-21-23-24,32-41(15,16)29-38(9,10)26-35(3)4)33-42(17,18)30-39(11,12)27-36(5)6/h19-23,34-36H,1-18H3. The number of hydrogen-bond donors (Lipinski definition) is 0. The van der Waals surface area contributed by atoms with Gasteiger partial charge in [0.05, 0.1) is 0 Å². The normalized spacial score (nSPS) is 14.8. The largest absolute Gasteiger partial charge is 0.510 e. The van der Waals surface area contributed by atoms with Gasteiger partial charge in [-0.1, -0.05) is 30.3 Å². The van der Waals surface area contributed by atoms with E-state index in [1.54, 1.807) is 0 Å². The Morgan fingerprint density at radius 2 is 0.628 bits per heavy atom. The molecule has 0 aromatic heterocycles. The molecule has 1 aromatic carbocycles.